The van der Waals surface area contributed by atoms with E-state index < -0.39 is 17.9 Å². The van der Waals surface area contributed by atoms with E-state index in [9.17, 15) is 18.8 Å². The van der Waals surface area contributed by atoms with Gasteiger partial charge in [-0.05, 0) is 41.8 Å². The standard InChI is InChI=1S/C22H23ClFN3O3/c1-2-19(20(28)25-13-15-3-7-17(23)8-4-15)27-12-11-26(21(29)22(27)30)14-16-5-9-18(24)10-6-16/h3-10,19H,2,11-14H2,1H3,(H,25,28). The molecule has 1 atom stereocenters. The van der Waals surface area contributed by atoms with Crippen molar-refractivity contribution in [2.24, 2.45) is 0 Å². The number of nitrogens with zero attached hydrogens (tertiary/aromatic N) is 2. The molecular weight excluding hydrogens is 409 g/mol. The number of benzene rings is 2. The fourth-order valence-electron chi connectivity index (χ4n) is 3.40. The van der Waals surface area contributed by atoms with Crippen molar-refractivity contribution in [3.05, 3.63) is 70.5 Å². The summed E-state index contributed by atoms with van der Waals surface area (Å²) in [7, 11) is 0. The minimum Gasteiger partial charge on any atom is -0.350 e. The molecule has 6 nitrogen and oxygen atoms in total. The minimum atomic E-state index is -0.721. The van der Waals surface area contributed by atoms with Crippen LogP contribution in [0.5, 0.6) is 0 Å². The number of hydrogen-bond acceptors (Lipinski definition) is 3. The quantitative estimate of drug-likeness (QED) is 0.685. The lowest BCUT2D eigenvalue weighted by molar-refractivity contribution is -0.159. The van der Waals surface area contributed by atoms with Gasteiger partial charge in [0.1, 0.15) is 11.9 Å². The second-order valence-electron chi connectivity index (χ2n) is 7.12. The predicted molar refractivity (Wildman–Crippen MR) is 111 cm³/mol. The monoisotopic (exact) mass is 431 g/mol. The summed E-state index contributed by atoms with van der Waals surface area (Å²) in [6.07, 6.45) is 0.392. The number of piperazine rings is 1. The molecule has 0 bridgehead atoms. The highest BCUT2D eigenvalue weighted by Crippen LogP contribution is 2.16. The molecule has 2 aromatic rings. The van der Waals surface area contributed by atoms with Gasteiger partial charge in [0.25, 0.3) is 0 Å². The van der Waals surface area contributed by atoms with Gasteiger partial charge in [0.15, 0.2) is 0 Å². The zero-order valence-corrected chi connectivity index (χ0v) is 17.4. The number of carbonyl (C=O) groups is 3. The highest BCUT2D eigenvalue weighted by molar-refractivity contribution is 6.35. The number of nitrogens with one attached hydrogen (secondary N) is 1. The molecule has 1 saturated heterocycles. The Bertz CT molecular complexity index is 918. The van der Waals surface area contributed by atoms with E-state index in [4.69, 9.17) is 11.6 Å². The van der Waals surface area contributed by atoms with Crippen molar-refractivity contribution in [2.75, 3.05) is 13.1 Å². The molecule has 0 radical (unpaired) electrons. The van der Waals surface area contributed by atoms with Crippen molar-refractivity contribution in [1.82, 2.24) is 15.1 Å². The Hall–Kier alpha value is -2.93. The van der Waals surface area contributed by atoms with Gasteiger partial charge in [-0.25, -0.2) is 4.39 Å². The highest BCUT2D eigenvalue weighted by Gasteiger charge is 2.38. The molecule has 1 fully saturated rings. The Morgan fingerprint density at radius 2 is 1.67 bits per heavy atom. The molecule has 2 aromatic carbocycles. The average molecular weight is 432 g/mol. The average Bonchev–Trinajstić information content (AvgIpc) is 2.74. The molecule has 1 heterocycles. The topological polar surface area (TPSA) is 69.7 Å². The van der Waals surface area contributed by atoms with Crippen LogP contribution in [0.2, 0.25) is 5.02 Å². The summed E-state index contributed by atoms with van der Waals surface area (Å²) >= 11 is 5.86. The Balaban J connectivity index is 1.60. The van der Waals surface area contributed by atoms with Gasteiger partial charge in [-0.2, -0.15) is 0 Å². The molecule has 3 rings (SSSR count). The molecule has 0 spiro atoms. The van der Waals surface area contributed by atoms with E-state index in [2.05, 4.69) is 5.32 Å². The van der Waals surface area contributed by atoms with Gasteiger partial charge in [-0.1, -0.05) is 42.8 Å². The number of carbonyl (C=O) groups excluding carboxylic acids is 3. The third-order valence-electron chi connectivity index (χ3n) is 5.07. The molecule has 3 amide bonds. The van der Waals surface area contributed by atoms with Gasteiger partial charge in [0.05, 0.1) is 0 Å². The summed E-state index contributed by atoms with van der Waals surface area (Å²) in [5.41, 5.74) is 1.62. The number of halogens is 2. The summed E-state index contributed by atoms with van der Waals surface area (Å²) in [6, 6.07) is 12.2. The molecule has 1 N–H and O–H groups in total. The molecule has 1 unspecified atom stereocenters. The minimum absolute atomic E-state index is 0.220. The maximum absolute atomic E-state index is 13.1. The van der Waals surface area contributed by atoms with Crippen molar-refractivity contribution in [3.8, 4) is 0 Å². The first-order chi connectivity index (χ1) is 14.4. The lowest BCUT2D eigenvalue weighted by atomic mass is 10.1. The van der Waals surface area contributed by atoms with Crippen LogP contribution >= 0.6 is 11.6 Å². The molecule has 8 heteroatoms. The number of hydrogen-bond donors (Lipinski definition) is 1. The molecule has 0 aromatic heterocycles. The van der Waals surface area contributed by atoms with Gasteiger partial charge in [0, 0.05) is 31.2 Å². The molecule has 30 heavy (non-hydrogen) atoms. The molecule has 0 aliphatic carbocycles. The summed E-state index contributed by atoms with van der Waals surface area (Å²) in [4.78, 5) is 40.7. The first-order valence-electron chi connectivity index (χ1n) is 9.75. The van der Waals surface area contributed by atoms with Gasteiger partial charge in [-0.3, -0.25) is 14.4 Å². The second kappa shape index (κ2) is 9.71. The van der Waals surface area contributed by atoms with Crippen molar-refractivity contribution in [2.45, 2.75) is 32.5 Å². The Morgan fingerprint density at radius 3 is 2.30 bits per heavy atom. The summed E-state index contributed by atoms with van der Waals surface area (Å²) in [6.45, 7) is 2.90. The molecule has 158 valence electrons. The van der Waals surface area contributed by atoms with E-state index in [0.717, 1.165) is 11.1 Å². The van der Waals surface area contributed by atoms with Crippen molar-refractivity contribution in [1.29, 1.82) is 0 Å². The van der Waals surface area contributed by atoms with Crippen molar-refractivity contribution < 1.29 is 18.8 Å². The van der Waals surface area contributed by atoms with Gasteiger partial charge in [0.2, 0.25) is 5.91 Å². The first kappa shape index (κ1) is 21.8. The van der Waals surface area contributed by atoms with Crippen LogP contribution in [0.1, 0.15) is 24.5 Å². The SMILES string of the molecule is CCC(C(=O)NCc1ccc(Cl)cc1)N1CCN(Cc2ccc(F)cc2)C(=O)C1=O. The summed E-state index contributed by atoms with van der Waals surface area (Å²) in [5.74, 6) is -2.02. The highest BCUT2D eigenvalue weighted by atomic mass is 35.5. The maximum atomic E-state index is 13.1. The molecular formula is C22H23ClFN3O3. The maximum Gasteiger partial charge on any atom is 0.312 e. The van der Waals surface area contributed by atoms with Crippen molar-refractivity contribution >= 4 is 29.3 Å². The largest absolute Gasteiger partial charge is 0.350 e. The molecule has 0 saturated carbocycles. The van der Waals surface area contributed by atoms with E-state index in [1.54, 1.807) is 31.2 Å². The van der Waals surface area contributed by atoms with Crippen LogP contribution in [0.15, 0.2) is 48.5 Å². The van der Waals surface area contributed by atoms with Gasteiger partial charge >= 0.3 is 11.8 Å². The zero-order chi connectivity index (χ0) is 21.7. The number of amides is 3. The summed E-state index contributed by atoms with van der Waals surface area (Å²) < 4.78 is 13.1. The Kier molecular flexibility index (Phi) is 7.05. The van der Waals surface area contributed by atoms with E-state index in [0.29, 0.717) is 24.5 Å². The van der Waals surface area contributed by atoms with E-state index in [-0.39, 0.29) is 24.8 Å². The van der Waals surface area contributed by atoms with Gasteiger partial charge in [-0.15, -0.1) is 0 Å². The number of rotatable bonds is 7. The van der Waals surface area contributed by atoms with Crippen LogP contribution in [-0.2, 0) is 27.5 Å². The Labute approximate surface area is 179 Å². The molecule has 1 aliphatic heterocycles. The third-order valence-corrected chi connectivity index (χ3v) is 5.33. The van der Waals surface area contributed by atoms with Crippen LogP contribution in [-0.4, -0.2) is 46.7 Å². The van der Waals surface area contributed by atoms with Gasteiger partial charge < -0.3 is 15.1 Å². The predicted octanol–water partition coefficient (Wildman–Crippen LogP) is 2.74. The van der Waals surface area contributed by atoms with E-state index in [1.165, 1.54) is 21.9 Å². The fourth-order valence-corrected chi connectivity index (χ4v) is 3.53. The summed E-state index contributed by atoms with van der Waals surface area (Å²) in [5, 5.41) is 3.43. The zero-order valence-electron chi connectivity index (χ0n) is 16.6. The van der Waals surface area contributed by atoms with Crippen molar-refractivity contribution in [3.63, 3.8) is 0 Å². The lowest BCUT2D eigenvalue weighted by Crippen LogP contribution is -2.59. The lowest BCUT2D eigenvalue weighted by Gasteiger charge is -2.37. The van der Waals surface area contributed by atoms with Crippen LogP contribution < -0.4 is 5.32 Å². The molecule has 1 aliphatic rings. The Morgan fingerprint density at radius 1 is 1.03 bits per heavy atom. The smallest absolute Gasteiger partial charge is 0.312 e. The normalized spacial score (nSPS) is 15.3. The van der Waals surface area contributed by atoms with E-state index in [1.807, 2.05) is 12.1 Å². The van der Waals surface area contributed by atoms with Crippen LogP contribution in [0.25, 0.3) is 0 Å². The van der Waals surface area contributed by atoms with Crippen LogP contribution in [0.3, 0.4) is 0 Å². The van der Waals surface area contributed by atoms with Crippen LogP contribution in [0, 0.1) is 5.82 Å². The third kappa shape index (κ3) is 5.16. The van der Waals surface area contributed by atoms with Crippen LogP contribution in [0.4, 0.5) is 4.39 Å². The first-order valence-corrected chi connectivity index (χ1v) is 10.1. The fraction of sp³-hybridized carbons (Fsp3) is 0.318. The second-order valence-corrected chi connectivity index (χ2v) is 7.56. The van der Waals surface area contributed by atoms with E-state index >= 15 is 0 Å².